The zero-order valence-electron chi connectivity index (χ0n) is 13.6. The smallest absolute Gasteiger partial charge is 0.257 e. The number of carbonyl (C=O) groups excluding carboxylic acids is 1. The molecule has 1 fully saturated rings. The lowest BCUT2D eigenvalue weighted by molar-refractivity contribution is 0.00940. The fourth-order valence-electron chi connectivity index (χ4n) is 2.83. The average Bonchev–Trinajstić information content (AvgIpc) is 3.11. The topological polar surface area (TPSA) is 94.3 Å². The van der Waals surface area contributed by atoms with Crippen LogP contribution in [-0.4, -0.2) is 37.1 Å². The van der Waals surface area contributed by atoms with Crippen LogP contribution in [0, 0.1) is 0 Å². The Kier molecular flexibility index (Phi) is 4.34. The Morgan fingerprint density at radius 3 is 2.92 bits per heavy atom. The van der Waals surface area contributed by atoms with Crippen LogP contribution < -0.4 is 5.32 Å². The van der Waals surface area contributed by atoms with Crippen molar-refractivity contribution in [3.8, 4) is 0 Å². The highest BCUT2D eigenvalue weighted by molar-refractivity contribution is 5.99. The van der Waals surface area contributed by atoms with Gasteiger partial charge in [-0.15, -0.1) is 0 Å². The predicted octanol–water partition coefficient (Wildman–Crippen LogP) is 1.69. The van der Waals surface area contributed by atoms with E-state index in [1.54, 1.807) is 35.4 Å². The second kappa shape index (κ2) is 6.94. The molecule has 3 aromatic heterocycles. The SMILES string of the molecule is O=C(NCc1cnc([C@@H]2CCCCO2)nc1)c1cnn2cccnc12. The maximum absolute atomic E-state index is 12.3. The minimum atomic E-state index is -0.228. The standard InChI is InChI=1S/C17H18N6O2/c24-17(13-11-22-23-6-3-5-18-16(13)23)21-10-12-8-19-15(20-9-12)14-4-1-2-7-25-14/h3,5-6,8-9,11,14H,1-2,4,7,10H2,(H,21,24)/t14-/m0/s1. The third-order valence-corrected chi connectivity index (χ3v) is 4.17. The van der Waals surface area contributed by atoms with E-state index < -0.39 is 0 Å². The van der Waals surface area contributed by atoms with Crippen molar-refractivity contribution in [2.24, 2.45) is 0 Å². The molecule has 25 heavy (non-hydrogen) atoms. The first kappa shape index (κ1) is 15.6. The molecular weight excluding hydrogens is 320 g/mol. The molecule has 0 radical (unpaired) electrons. The molecule has 4 rings (SSSR count). The van der Waals surface area contributed by atoms with E-state index in [9.17, 15) is 4.79 Å². The predicted molar refractivity (Wildman–Crippen MR) is 88.7 cm³/mol. The number of amides is 1. The van der Waals surface area contributed by atoms with Crippen LogP contribution in [0.15, 0.2) is 37.1 Å². The van der Waals surface area contributed by atoms with Crippen LogP contribution in [0.2, 0.25) is 0 Å². The molecule has 0 bridgehead atoms. The number of nitrogens with zero attached hydrogens (tertiary/aromatic N) is 5. The van der Waals surface area contributed by atoms with Gasteiger partial charge >= 0.3 is 0 Å². The Hall–Kier alpha value is -2.87. The Morgan fingerprint density at radius 1 is 1.24 bits per heavy atom. The molecule has 0 saturated carbocycles. The number of nitrogens with one attached hydrogen (secondary N) is 1. The quantitative estimate of drug-likeness (QED) is 0.778. The second-order valence-electron chi connectivity index (χ2n) is 5.93. The van der Waals surface area contributed by atoms with Crippen molar-refractivity contribution in [1.29, 1.82) is 0 Å². The molecule has 0 aromatic carbocycles. The van der Waals surface area contributed by atoms with Crippen LogP contribution in [0.5, 0.6) is 0 Å². The van der Waals surface area contributed by atoms with E-state index in [0.717, 1.165) is 31.4 Å². The fourth-order valence-corrected chi connectivity index (χ4v) is 2.83. The number of rotatable bonds is 4. The second-order valence-corrected chi connectivity index (χ2v) is 5.93. The van der Waals surface area contributed by atoms with Crippen LogP contribution in [-0.2, 0) is 11.3 Å². The van der Waals surface area contributed by atoms with Gasteiger partial charge in [-0.05, 0) is 25.3 Å². The molecule has 1 N–H and O–H groups in total. The molecule has 8 nitrogen and oxygen atoms in total. The summed E-state index contributed by atoms with van der Waals surface area (Å²) >= 11 is 0. The lowest BCUT2D eigenvalue weighted by atomic mass is 10.1. The van der Waals surface area contributed by atoms with Gasteiger partial charge in [0.15, 0.2) is 11.5 Å². The van der Waals surface area contributed by atoms with E-state index in [4.69, 9.17) is 4.74 Å². The van der Waals surface area contributed by atoms with Crippen molar-refractivity contribution in [2.45, 2.75) is 31.9 Å². The maximum Gasteiger partial charge on any atom is 0.257 e. The molecule has 3 aromatic rings. The minimum Gasteiger partial charge on any atom is -0.370 e. The van der Waals surface area contributed by atoms with Crippen molar-refractivity contribution in [1.82, 2.24) is 29.9 Å². The average molecular weight is 338 g/mol. The van der Waals surface area contributed by atoms with E-state index >= 15 is 0 Å². The summed E-state index contributed by atoms with van der Waals surface area (Å²) in [5, 5.41) is 6.96. The molecule has 8 heteroatoms. The normalized spacial score (nSPS) is 17.5. The lowest BCUT2D eigenvalue weighted by Gasteiger charge is -2.21. The van der Waals surface area contributed by atoms with Gasteiger partial charge in [0.05, 0.1) is 6.20 Å². The lowest BCUT2D eigenvalue weighted by Crippen LogP contribution is -2.23. The summed E-state index contributed by atoms with van der Waals surface area (Å²) in [6.45, 7) is 1.11. The van der Waals surface area contributed by atoms with Gasteiger partial charge in [0.25, 0.3) is 5.91 Å². The maximum atomic E-state index is 12.3. The third-order valence-electron chi connectivity index (χ3n) is 4.17. The van der Waals surface area contributed by atoms with Gasteiger partial charge in [-0.1, -0.05) is 0 Å². The molecule has 1 saturated heterocycles. The molecule has 1 aliphatic heterocycles. The largest absolute Gasteiger partial charge is 0.370 e. The number of carbonyl (C=O) groups is 1. The van der Waals surface area contributed by atoms with Crippen molar-refractivity contribution in [3.05, 3.63) is 54.0 Å². The number of fused-ring (bicyclic) bond motifs is 1. The highest BCUT2D eigenvalue weighted by atomic mass is 16.5. The van der Waals surface area contributed by atoms with Gasteiger partial charge in [0, 0.05) is 43.5 Å². The number of ether oxygens (including phenoxy) is 1. The Bertz CT molecular complexity index is 870. The van der Waals surface area contributed by atoms with Gasteiger partial charge in [-0.25, -0.2) is 19.5 Å². The molecule has 1 amide bonds. The highest BCUT2D eigenvalue weighted by Crippen LogP contribution is 2.24. The fraction of sp³-hybridized carbons (Fsp3) is 0.353. The zero-order valence-corrected chi connectivity index (χ0v) is 13.6. The molecule has 4 heterocycles. The van der Waals surface area contributed by atoms with E-state index in [1.165, 1.54) is 6.20 Å². The summed E-state index contributed by atoms with van der Waals surface area (Å²) < 4.78 is 7.25. The summed E-state index contributed by atoms with van der Waals surface area (Å²) in [5.41, 5.74) is 1.80. The van der Waals surface area contributed by atoms with Gasteiger partial charge < -0.3 is 10.1 Å². The van der Waals surface area contributed by atoms with Gasteiger partial charge in [-0.3, -0.25) is 4.79 Å². The van der Waals surface area contributed by atoms with Crippen LogP contribution in [0.25, 0.3) is 5.65 Å². The molecule has 0 unspecified atom stereocenters. The highest BCUT2D eigenvalue weighted by Gasteiger charge is 2.18. The first-order valence-corrected chi connectivity index (χ1v) is 8.30. The van der Waals surface area contributed by atoms with Gasteiger partial charge in [0.1, 0.15) is 11.7 Å². The molecule has 128 valence electrons. The Balaban J connectivity index is 1.40. The van der Waals surface area contributed by atoms with Crippen LogP contribution in [0.1, 0.15) is 47.1 Å². The molecule has 1 aliphatic rings. The van der Waals surface area contributed by atoms with Crippen molar-refractivity contribution in [3.63, 3.8) is 0 Å². The van der Waals surface area contributed by atoms with Gasteiger partial charge in [-0.2, -0.15) is 5.10 Å². The first-order chi connectivity index (χ1) is 12.3. The van der Waals surface area contributed by atoms with E-state index in [1.807, 2.05) is 0 Å². The van der Waals surface area contributed by atoms with E-state index in [2.05, 4.69) is 25.4 Å². The first-order valence-electron chi connectivity index (χ1n) is 8.30. The molecular formula is C17H18N6O2. The Morgan fingerprint density at radius 2 is 2.12 bits per heavy atom. The van der Waals surface area contributed by atoms with Gasteiger partial charge in [0.2, 0.25) is 0 Å². The zero-order chi connectivity index (χ0) is 17.1. The monoisotopic (exact) mass is 338 g/mol. The number of hydrogen-bond acceptors (Lipinski definition) is 6. The van der Waals surface area contributed by atoms with Crippen molar-refractivity contribution >= 4 is 11.6 Å². The minimum absolute atomic E-state index is 0.0118. The number of hydrogen-bond donors (Lipinski definition) is 1. The van der Waals surface area contributed by atoms with Crippen molar-refractivity contribution in [2.75, 3.05) is 6.61 Å². The summed E-state index contributed by atoms with van der Waals surface area (Å²) in [6.07, 6.45) is 11.5. The van der Waals surface area contributed by atoms with Crippen LogP contribution in [0.4, 0.5) is 0 Å². The molecule has 0 spiro atoms. The van der Waals surface area contributed by atoms with Crippen LogP contribution in [0.3, 0.4) is 0 Å². The summed E-state index contributed by atoms with van der Waals surface area (Å²) in [7, 11) is 0. The summed E-state index contributed by atoms with van der Waals surface area (Å²) in [6, 6.07) is 1.76. The van der Waals surface area contributed by atoms with Crippen LogP contribution >= 0.6 is 0 Å². The van der Waals surface area contributed by atoms with E-state index in [0.29, 0.717) is 23.6 Å². The summed E-state index contributed by atoms with van der Waals surface area (Å²) in [4.78, 5) is 25.3. The third kappa shape index (κ3) is 3.34. The molecule has 0 aliphatic carbocycles. The summed E-state index contributed by atoms with van der Waals surface area (Å²) in [5.74, 6) is 0.481. The van der Waals surface area contributed by atoms with Crippen molar-refractivity contribution < 1.29 is 9.53 Å². The molecule has 1 atom stereocenters. The number of aromatic nitrogens is 5. The van der Waals surface area contributed by atoms with E-state index in [-0.39, 0.29) is 12.0 Å². The Labute approximate surface area is 144 Å².